The second-order valence-corrected chi connectivity index (χ2v) is 5.23. The largest absolute Gasteiger partial charge is 0.504 e. The molecule has 0 spiro atoms. The Bertz CT molecular complexity index is 528. The van der Waals surface area contributed by atoms with E-state index in [-0.39, 0.29) is 30.3 Å². The molecule has 5 nitrogen and oxygen atoms in total. The number of fused-ring (bicyclic) bond motifs is 2. The third kappa shape index (κ3) is 1.69. The number of carbonyl (C=O) groups excluding carboxylic acids is 1. The Morgan fingerprint density at radius 3 is 2.42 bits per heavy atom. The molecular weight excluding hydrogens is 246 g/mol. The molecule has 19 heavy (non-hydrogen) atoms. The second-order valence-electron chi connectivity index (χ2n) is 5.23. The maximum Gasteiger partial charge on any atom is 0.180 e. The average molecular weight is 263 g/mol. The standard InChI is InChI=1S/C14H17NO4/c1-6-3-8-11(10(16)5-15)13-9(4-7(2)18-13)12(17)14(8)19-6/h6-7,17H,3-5,15H2,1-2H3. The number of carbonyl (C=O) groups is 1. The van der Waals surface area contributed by atoms with Crippen LogP contribution in [-0.4, -0.2) is 29.6 Å². The van der Waals surface area contributed by atoms with Crippen LogP contribution < -0.4 is 15.2 Å². The molecule has 1 aromatic rings. The number of ether oxygens (including phenoxy) is 2. The SMILES string of the molecule is CC1Cc2c(c(O)c3c(c2C(=O)CN)OC(C)C3)O1. The molecule has 0 bridgehead atoms. The Morgan fingerprint density at radius 1 is 1.21 bits per heavy atom. The summed E-state index contributed by atoms with van der Waals surface area (Å²) in [6, 6.07) is 0. The highest BCUT2D eigenvalue weighted by Crippen LogP contribution is 2.50. The van der Waals surface area contributed by atoms with E-state index in [0.29, 0.717) is 35.5 Å². The van der Waals surface area contributed by atoms with Gasteiger partial charge in [-0.3, -0.25) is 4.79 Å². The molecule has 5 heteroatoms. The Labute approximate surface area is 111 Å². The minimum absolute atomic E-state index is 0.0508. The molecule has 0 fully saturated rings. The van der Waals surface area contributed by atoms with Crippen molar-refractivity contribution in [2.75, 3.05) is 6.54 Å². The van der Waals surface area contributed by atoms with Crippen LogP contribution in [0, 0.1) is 0 Å². The molecule has 0 radical (unpaired) electrons. The van der Waals surface area contributed by atoms with Crippen LogP contribution in [0.3, 0.4) is 0 Å². The minimum atomic E-state index is -0.167. The van der Waals surface area contributed by atoms with Gasteiger partial charge in [0.05, 0.1) is 12.1 Å². The number of phenols is 1. The molecule has 0 aliphatic carbocycles. The predicted octanol–water partition coefficient (Wildman–Crippen LogP) is 1.18. The lowest BCUT2D eigenvalue weighted by Gasteiger charge is -2.13. The number of hydrogen-bond acceptors (Lipinski definition) is 5. The molecule has 1 aromatic carbocycles. The van der Waals surface area contributed by atoms with Crippen LogP contribution in [0.5, 0.6) is 17.2 Å². The van der Waals surface area contributed by atoms with E-state index in [1.807, 2.05) is 13.8 Å². The highest BCUT2D eigenvalue weighted by Gasteiger charge is 2.37. The van der Waals surface area contributed by atoms with Crippen LogP contribution in [0.15, 0.2) is 0 Å². The van der Waals surface area contributed by atoms with Gasteiger partial charge in [-0.2, -0.15) is 0 Å². The molecule has 3 N–H and O–H groups in total. The summed E-state index contributed by atoms with van der Waals surface area (Å²) in [7, 11) is 0. The molecule has 102 valence electrons. The fraction of sp³-hybridized carbons (Fsp3) is 0.500. The number of phenolic OH excluding ortho intramolecular Hbond substituents is 1. The number of Topliss-reactive ketones (excluding diaryl/α,β-unsaturated/α-hetero) is 1. The van der Waals surface area contributed by atoms with Crippen molar-refractivity contribution in [3.05, 3.63) is 16.7 Å². The lowest BCUT2D eigenvalue weighted by Crippen LogP contribution is -2.17. The van der Waals surface area contributed by atoms with Crippen molar-refractivity contribution in [1.82, 2.24) is 0 Å². The van der Waals surface area contributed by atoms with Gasteiger partial charge in [0.25, 0.3) is 0 Å². The molecule has 2 aliphatic rings. The second kappa shape index (κ2) is 4.13. The average Bonchev–Trinajstić information content (AvgIpc) is 2.92. The summed E-state index contributed by atoms with van der Waals surface area (Å²) in [5.41, 5.74) is 7.38. The lowest BCUT2D eigenvalue weighted by atomic mass is 9.94. The van der Waals surface area contributed by atoms with E-state index in [1.165, 1.54) is 0 Å². The quantitative estimate of drug-likeness (QED) is 0.783. The van der Waals surface area contributed by atoms with Crippen molar-refractivity contribution < 1.29 is 19.4 Å². The zero-order chi connectivity index (χ0) is 13.7. The zero-order valence-corrected chi connectivity index (χ0v) is 11.0. The number of rotatable bonds is 2. The summed E-state index contributed by atoms with van der Waals surface area (Å²) in [4.78, 5) is 12.1. The molecule has 3 rings (SSSR count). The van der Waals surface area contributed by atoms with Crippen LogP contribution in [0.2, 0.25) is 0 Å². The Morgan fingerprint density at radius 2 is 1.79 bits per heavy atom. The molecule has 0 saturated carbocycles. The van der Waals surface area contributed by atoms with E-state index >= 15 is 0 Å². The van der Waals surface area contributed by atoms with E-state index < -0.39 is 0 Å². The molecule has 2 heterocycles. The fourth-order valence-corrected chi connectivity index (χ4v) is 2.89. The van der Waals surface area contributed by atoms with Crippen molar-refractivity contribution in [2.24, 2.45) is 5.73 Å². The van der Waals surface area contributed by atoms with E-state index in [0.717, 1.165) is 5.56 Å². The normalized spacial score (nSPS) is 23.5. The Kier molecular flexibility index (Phi) is 2.67. The van der Waals surface area contributed by atoms with Crippen LogP contribution in [0.1, 0.15) is 35.3 Å². The lowest BCUT2D eigenvalue weighted by molar-refractivity contribution is 0.0996. The van der Waals surface area contributed by atoms with Crippen molar-refractivity contribution in [1.29, 1.82) is 0 Å². The molecule has 2 atom stereocenters. The monoisotopic (exact) mass is 263 g/mol. The highest BCUT2D eigenvalue weighted by atomic mass is 16.5. The number of benzene rings is 1. The van der Waals surface area contributed by atoms with Gasteiger partial charge in [-0.25, -0.2) is 0 Å². The number of aromatic hydroxyl groups is 1. The molecule has 0 saturated heterocycles. The van der Waals surface area contributed by atoms with E-state index in [4.69, 9.17) is 15.2 Å². The van der Waals surface area contributed by atoms with E-state index in [2.05, 4.69) is 0 Å². The third-order valence-corrected chi connectivity index (χ3v) is 3.66. The first-order chi connectivity index (χ1) is 9.02. The molecule has 2 aliphatic heterocycles. The molecule has 2 unspecified atom stereocenters. The van der Waals surface area contributed by atoms with Gasteiger partial charge in [0.1, 0.15) is 18.0 Å². The third-order valence-electron chi connectivity index (χ3n) is 3.66. The van der Waals surface area contributed by atoms with Crippen LogP contribution in [0.4, 0.5) is 0 Å². The summed E-state index contributed by atoms with van der Waals surface area (Å²) in [6.45, 7) is 3.74. The Balaban J connectivity index is 2.26. The summed E-state index contributed by atoms with van der Waals surface area (Å²) in [5.74, 6) is 0.879. The van der Waals surface area contributed by atoms with Crippen LogP contribution in [-0.2, 0) is 12.8 Å². The molecule has 0 aromatic heterocycles. The minimum Gasteiger partial charge on any atom is -0.504 e. The van der Waals surface area contributed by atoms with E-state index in [1.54, 1.807) is 0 Å². The summed E-state index contributed by atoms with van der Waals surface area (Å²) < 4.78 is 11.3. The summed E-state index contributed by atoms with van der Waals surface area (Å²) >= 11 is 0. The van der Waals surface area contributed by atoms with Gasteiger partial charge in [-0.05, 0) is 13.8 Å². The van der Waals surface area contributed by atoms with Crippen LogP contribution >= 0.6 is 0 Å². The first-order valence-electron chi connectivity index (χ1n) is 6.50. The zero-order valence-electron chi connectivity index (χ0n) is 11.0. The Hall–Kier alpha value is -1.75. The van der Waals surface area contributed by atoms with Gasteiger partial charge in [0.15, 0.2) is 17.3 Å². The van der Waals surface area contributed by atoms with Crippen molar-refractivity contribution in [3.8, 4) is 17.2 Å². The maximum atomic E-state index is 12.1. The topological polar surface area (TPSA) is 81.8 Å². The van der Waals surface area contributed by atoms with E-state index in [9.17, 15) is 9.90 Å². The number of hydrogen-bond donors (Lipinski definition) is 2. The molecular formula is C14H17NO4. The number of nitrogens with two attached hydrogens (primary N) is 1. The first kappa shape index (κ1) is 12.3. The first-order valence-corrected chi connectivity index (χ1v) is 6.50. The summed E-state index contributed by atoms with van der Waals surface area (Å²) in [5, 5.41) is 10.3. The van der Waals surface area contributed by atoms with Gasteiger partial charge in [0, 0.05) is 24.0 Å². The van der Waals surface area contributed by atoms with Gasteiger partial charge in [-0.15, -0.1) is 0 Å². The van der Waals surface area contributed by atoms with Crippen molar-refractivity contribution in [2.45, 2.75) is 38.9 Å². The fourth-order valence-electron chi connectivity index (χ4n) is 2.89. The smallest absolute Gasteiger partial charge is 0.180 e. The van der Waals surface area contributed by atoms with Gasteiger partial charge < -0.3 is 20.3 Å². The van der Waals surface area contributed by atoms with Gasteiger partial charge in [-0.1, -0.05) is 0 Å². The predicted molar refractivity (Wildman–Crippen MR) is 69.1 cm³/mol. The highest BCUT2D eigenvalue weighted by molar-refractivity contribution is 6.03. The van der Waals surface area contributed by atoms with Crippen molar-refractivity contribution in [3.63, 3.8) is 0 Å². The summed E-state index contributed by atoms with van der Waals surface area (Å²) in [6.07, 6.45) is 1.07. The molecule has 0 amide bonds. The maximum absolute atomic E-state index is 12.1. The van der Waals surface area contributed by atoms with Crippen LogP contribution in [0.25, 0.3) is 0 Å². The van der Waals surface area contributed by atoms with Gasteiger partial charge in [0.2, 0.25) is 0 Å². The van der Waals surface area contributed by atoms with Crippen molar-refractivity contribution >= 4 is 5.78 Å². The number of ketones is 1. The van der Waals surface area contributed by atoms with Gasteiger partial charge >= 0.3 is 0 Å².